The molecular weight excluding hydrogens is 414 g/mol. The highest BCUT2D eigenvalue weighted by Crippen LogP contribution is 2.30. The summed E-state index contributed by atoms with van der Waals surface area (Å²) in [7, 11) is 0. The van der Waals surface area contributed by atoms with Gasteiger partial charge in [-0.2, -0.15) is 5.10 Å². The van der Waals surface area contributed by atoms with E-state index in [1.165, 1.54) is 0 Å². The molecule has 6 heteroatoms. The Morgan fingerprint density at radius 1 is 1.06 bits per heavy atom. The van der Waals surface area contributed by atoms with Crippen LogP contribution in [0.3, 0.4) is 0 Å². The summed E-state index contributed by atoms with van der Waals surface area (Å²) >= 11 is 0. The lowest BCUT2D eigenvalue weighted by Gasteiger charge is -2.10. The van der Waals surface area contributed by atoms with Gasteiger partial charge in [-0.15, -0.1) is 0 Å². The van der Waals surface area contributed by atoms with E-state index in [1.807, 2.05) is 54.6 Å². The van der Waals surface area contributed by atoms with Crippen LogP contribution >= 0.6 is 0 Å². The molecule has 0 saturated carbocycles. The zero-order valence-corrected chi connectivity index (χ0v) is 18.4. The lowest BCUT2D eigenvalue weighted by atomic mass is 10.0. The quantitative estimate of drug-likeness (QED) is 0.214. The maximum absolute atomic E-state index is 13.0. The van der Waals surface area contributed by atoms with Crippen molar-refractivity contribution in [3.8, 4) is 22.8 Å². The van der Waals surface area contributed by atoms with Gasteiger partial charge in [0, 0.05) is 10.9 Å². The van der Waals surface area contributed by atoms with Crippen molar-refractivity contribution in [2.45, 2.75) is 19.8 Å². The van der Waals surface area contributed by atoms with Crippen LogP contribution in [-0.4, -0.2) is 28.8 Å². The summed E-state index contributed by atoms with van der Waals surface area (Å²) in [6, 6.07) is 23.5. The third-order valence-corrected chi connectivity index (χ3v) is 5.17. The van der Waals surface area contributed by atoms with Crippen molar-refractivity contribution in [1.29, 1.82) is 0 Å². The average molecular weight is 440 g/mol. The Hall–Kier alpha value is -4.19. The summed E-state index contributed by atoms with van der Waals surface area (Å²) in [5.74, 6) is 0.553. The Balaban J connectivity index is 1.54. The van der Waals surface area contributed by atoms with Crippen LogP contribution in [0.2, 0.25) is 0 Å². The van der Waals surface area contributed by atoms with Gasteiger partial charge < -0.3 is 9.84 Å². The summed E-state index contributed by atoms with van der Waals surface area (Å²) in [4.78, 5) is 17.6. The Labute approximate surface area is 192 Å². The van der Waals surface area contributed by atoms with Gasteiger partial charge in [-0.3, -0.25) is 4.79 Å². The van der Waals surface area contributed by atoms with E-state index in [0.717, 1.165) is 24.2 Å². The number of rotatable bonds is 8. The van der Waals surface area contributed by atoms with Gasteiger partial charge in [-0.25, -0.2) is 10.4 Å². The van der Waals surface area contributed by atoms with E-state index in [2.05, 4.69) is 22.4 Å². The molecule has 2 N–H and O–H groups in total. The number of benzene rings is 3. The Bertz CT molecular complexity index is 1280. The van der Waals surface area contributed by atoms with Crippen LogP contribution in [0, 0.1) is 0 Å². The number of hydrazone groups is 1. The van der Waals surface area contributed by atoms with Crippen LogP contribution in [0.25, 0.3) is 22.2 Å². The largest absolute Gasteiger partial charge is 0.507 e. The van der Waals surface area contributed by atoms with Crippen molar-refractivity contribution < 1.29 is 14.6 Å². The summed E-state index contributed by atoms with van der Waals surface area (Å²) in [5.41, 5.74) is 5.59. The third-order valence-electron chi connectivity index (χ3n) is 5.17. The minimum atomic E-state index is -0.360. The molecule has 0 aliphatic heterocycles. The molecule has 1 heterocycles. The second-order valence-corrected chi connectivity index (χ2v) is 7.56. The number of amides is 1. The van der Waals surface area contributed by atoms with Gasteiger partial charge in [0.25, 0.3) is 5.91 Å². The molecule has 166 valence electrons. The molecular formula is C27H25N3O3. The van der Waals surface area contributed by atoms with Gasteiger partial charge >= 0.3 is 0 Å². The number of hydrogen-bond donors (Lipinski definition) is 2. The van der Waals surface area contributed by atoms with Crippen molar-refractivity contribution >= 4 is 23.0 Å². The van der Waals surface area contributed by atoms with Gasteiger partial charge in [0.2, 0.25) is 0 Å². The molecule has 1 aromatic heterocycles. The molecule has 0 aliphatic carbocycles. The van der Waals surface area contributed by atoms with Crippen LogP contribution in [0.1, 0.15) is 35.7 Å². The number of para-hydroxylation sites is 2. The number of unbranched alkanes of at least 4 members (excludes halogenated alkanes) is 1. The minimum Gasteiger partial charge on any atom is -0.507 e. The Morgan fingerprint density at radius 2 is 1.82 bits per heavy atom. The summed E-state index contributed by atoms with van der Waals surface area (Å²) in [5, 5.41) is 15.1. The van der Waals surface area contributed by atoms with Crippen molar-refractivity contribution in [1.82, 2.24) is 10.4 Å². The zero-order chi connectivity index (χ0) is 23.0. The molecule has 0 radical (unpaired) electrons. The van der Waals surface area contributed by atoms with E-state index in [9.17, 15) is 9.90 Å². The van der Waals surface area contributed by atoms with Gasteiger partial charge in [0.15, 0.2) is 0 Å². The first kappa shape index (κ1) is 22.0. The maximum Gasteiger partial charge on any atom is 0.272 e. The van der Waals surface area contributed by atoms with Crippen LogP contribution in [0.4, 0.5) is 0 Å². The molecule has 33 heavy (non-hydrogen) atoms. The monoisotopic (exact) mass is 439 g/mol. The van der Waals surface area contributed by atoms with E-state index >= 15 is 0 Å². The van der Waals surface area contributed by atoms with Crippen LogP contribution in [-0.2, 0) is 0 Å². The molecule has 0 atom stereocenters. The predicted molar refractivity (Wildman–Crippen MR) is 131 cm³/mol. The molecule has 1 amide bonds. The van der Waals surface area contributed by atoms with Gasteiger partial charge in [-0.05, 0) is 60.5 Å². The lowest BCUT2D eigenvalue weighted by molar-refractivity contribution is 0.0956. The molecule has 0 unspecified atom stereocenters. The number of ether oxygens (including phenoxy) is 1. The average Bonchev–Trinajstić information content (AvgIpc) is 2.84. The molecule has 0 aliphatic rings. The van der Waals surface area contributed by atoms with E-state index in [1.54, 1.807) is 30.5 Å². The maximum atomic E-state index is 13.0. The summed E-state index contributed by atoms with van der Waals surface area (Å²) in [6.45, 7) is 2.82. The Morgan fingerprint density at radius 3 is 2.61 bits per heavy atom. The van der Waals surface area contributed by atoms with Crippen LogP contribution < -0.4 is 10.2 Å². The molecule has 0 fully saturated rings. The molecule has 6 nitrogen and oxygen atoms in total. The zero-order valence-electron chi connectivity index (χ0n) is 18.4. The van der Waals surface area contributed by atoms with Gasteiger partial charge in [-0.1, -0.05) is 43.7 Å². The van der Waals surface area contributed by atoms with Crippen LogP contribution in [0.5, 0.6) is 11.5 Å². The van der Waals surface area contributed by atoms with Crippen molar-refractivity contribution in [2.75, 3.05) is 6.61 Å². The number of phenols is 1. The lowest BCUT2D eigenvalue weighted by Crippen LogP contribution is -2.18. The standard InChI is InChI=1S/C27H25N3O3/c1-2-3-16-33-20-14-12-19(13-15-20)18-28-30-27(32)23-17-25(22-9-5-7-11-26(22)31)29-24-10-6-4-8-21(23)24/h4-15,17-18,31H,2-3,16H2,1H3,(H,30,32). The number of carbonyl (C=O) groups is 1. The highest BCUT2D eigenvalue weighted by Gasteiger charge is 2.15. The first-order valence-corrected chi connectivity index (χ1v) is 10.9. The summed E-state index contributed by atoms with van der Waals surface area (Å²) < 4.78 is 5.66. The van der Waals surface area contributed by atoms with Gasteiger partial charge in [0.05, 0.1) is 29.6 Å². The number of fused-ring (bicyclic) bond motifs is 1. The van der Waals surface area contributed by atoms with E-state index < -0.39 is 0 Å². The molecule has 0 spiro atoms. The number of aromatic nitrogens is 1. The SMILES string of the molecule is CCCCOc1ccc(C=NNC(=O)c2cc(-c3ccccc3O)nc3ccccc23)cc1. The normalized spacial score (nSPS) is 11.1. The Kier molecular flexibility index (Phi) is 6.95. The highest BCUT2D eigenvalue weighted by molar-refractivity contribution is 6.07. The summed E-state index contributed by atoms with van der Waals surface area (Å²) in [6.07, 6.45) is 3.69. The van der Waals surface area contributed by atoms with Gasteiger partial charge in [0.1, 0.15) is 11.5 Å². The predicted octanol–water partition coefficient (Wildman–Crippen LogP) is 5.55. The van der Waals surface area contributed by atoms with Crippen molar-refractivity contribution in [3.05, 3.63) is 90.0 Å². The number of hydrogen-bond acceptors (Lipinski definition) is 5. The fourth-order valence-electron chi connectivity index (χ4n) is 3.40. The topological polar surface area (TPSA) is 83.8 Å². The minimum absolute atomic E-state index is 0.104. The van der Waals surface area contributed by atoms with E-state index in [4.69, 9.17) is 4.74 Å². The first-order valence-electron chi connectivity index (χ1n) is 10.9. The number of nitrogens with one attached hydrogen (secondary N) is 1. The molecule has 4 aromatic rings. The highest BCUT2D eigenvalue weighted by atomic mass is 16.5. The number of carbonyl (C=O) groups excluding carboxylic acids is 1. The van der Waals surface area contributed by atoms with Crippen molar-refractivity contribution in [2.24, 2.45) is 5.10 Å². The molecule has 3 aromatic carbocycles. The second kappa shape index (κ2) is 10.4. The third kappa shape index (κ3) is 5.36. The van der Waals surface area contributed by atoms with Crippen molar-refractivity contribution in [3.63, 3.8) is 0 Å². The number of phenolic OH excluding ortho intramolecular Hbond substituents is 1. The van der Waals surface area contributed by atoms with Crippen LogP contribution in [0.15, 0.2) is 84.0 Å². The molecule has 0 saturated heterocycles. The number of pyridine rings is 1. The fourth-order valence-corrected chi connectivity index (χ4v) is 3.40. The molecule has 0 bridgehead atoms. The first-order chi connectivity index (χ1) is 16.2. The fraction of sp³-hybridized carbons (Fsp3) is 0.148. The number of aromatic hydroxyl groups is 1. The van der Waals surface area contributed by atoms with E-state index in [-0.39, 0.29) is 11.7 Å². The molecule has 4 rings (SSSR count). The number of nitrogens with zero attached hydrogens (tertiary/aromatic N) is 2. The second-order valence-electron chi connectivity index (χ2n) is 7.56. The van der Waals surface area contributed by atoms with E-state index in [0.29, 0.717) is 34.3 Å². The smallest absolute Gasteiger partial charge is 0.272 e.